The van der Waals surface area contributed by atoms with Crippen molar-refractivity contribution in [1.29, 1.82) is 0 Å². The van der Waals surface area contributed by atoms with E-state index in [0.29, 0.717) is 19.4 Å². The highest BCUT2D eigenvalue weighted by molar-refractivity contribution is 7.90. The van der Waals surface area contributed by atoms with E-state index >= 15 is 0 Å². The average molecular weight is 474 g/mol. The number of fused-ring (bicyclic) bond motifs is 1. The summed E-state index contributed by atoms with van der Waals surface area (Å²) in [5.41, 5.74) is 5.83. The molecule has 7 atom stereocenters. The van der Waals surface area contributed by atoms with Gasteiger partial charge < -0.3 is 10.1 Å². The number of ether oxygens (including phenoxy) is 1. The lowest BCUT2D eigenvalue weighted by molar-refractivity contribution is -0.187. The maximum atomic E-state index is 13.3. The molecule has 0 bridgehead atoms. The first-order chi connectivity index (χ1) is 15.8. The number of nitrogens with one attached hydrogen (secondary N) is 4. The number of hydrogen-bond donors (Lipinski definition) is 4. The molecule has 4 fully saturated rings. The first kappa shape index (κ1) is 19.9. The molecule has 0 aromatic carbocycles. The van der Waals surface area contributed by atoms with Crippen molar-refractivity contribution >= 4 is 10.0 Å². The normalized spacial score (nSPS) is 42.7. The van der Waals surface area contributed by atoms with E-state index in [1.54, 1.807) is 0 Å². The van der Waals surface area contributed by atoms with Gasteiger partial charge in [0, 0.05) is 43.9 Å². The number of hydrazine groups is 2. The minimum absolute atomic E-state index is 0.00616. The number of halogens is 3. The minimum Gasteiger partial charge on any atom is -0.380 e. The summed E-state index contributed by atoms with van der Waals surface area (Å²) < 4.78 is 98.0. The average Bonchev–Trinajstić information content (AvgIpc) is 3.41. The largest absolute Gasteiger partial charge is 0.391 e. The van der Waals surface area contributed by atoms with Crippen molar-refractivity contribution in [1.82, 2.24) is 30.9 Å². The summed E-state index contributed by atoms with van der Waals surface area (Å²) in [4.78, 5) is 0. The number of rotatable bonds is 5. The summed E-state index contributed by atoms with van der Waals surface area (Å²) in [6.45, 7) is -1.77. The van der Waals surface area contributed by atoms with E-state index in [-0.39, 0.29) is 38.4 Å². The molecule has 0 amide bonds. The van der Waals surface area contributed by atoms with Gasteiger partial charge in [-0.2, -0.15) is 13.2 Å². The quantitative estimate of drug-likeness (QED) is 0.428. The molecule has 0 radical (unpaired) electrons. The number of piperidine rings is 1. The molecule has 9 nitrogen and oxygen atoms in total. The number of nitrogens with zero attached hydrogens (tertiary/aromatic N) is 2. The molecule has 1 aliphatic carbocycles. The predicted octanol–water partition coefficient (Wildman–Crippen LogP) is -0.405. The van der Waals surface area contributed by atoms with Crippen LogP contribution in [0.3, 0.4) is 0 Å². The van der Waals surface area contributed by atoms with Crippen molar-refractivity contribution in [2.75, 3.05) is 40.3 Å². The number of likely N-dealkylation sites (N-methyl/N-ethyl adjacent to an activating group) is 1. The van der Waals surface area contributed by atoms with Gasteiger partial charge in [-0.05, 0) is 38.1 Å². The zero-order chi connectivity index (χ0) is 24.9. The molecule has 4 aliphatic rings. The van der Waals surface area contributed by atoms with Crippen molar-refractivity contribution < 1.29 is 30.4 Å². The van der Waals surface area contributed by atoms with Crippen LogP contribution < -0.4 is 20.9 Å². The van der Waals surface area contributed by atoms with Gasteiger partial charge in [0.25, 0.3) is 0 Å². The lowest BCUT2D eigenvalue weighted by Crippen LogP contribution is -2.61. The van der Waals surface area contributed by atoms with E-state index in [1.165, 1.54) is 12.1 Å². The Hall–Kier alpha value is -0.540. The summed E-state index contributed by atoms with van der Waals surface area (Å²) in [6.07, 6.45) is -4.30. The fourth-order valence-corrected chi connectivity index (χ4v) is 6.81. The van der Waals surface area contributed by atoms with Crippen LogP contribution in [0.15, 0.2) is 0 Å². The Labute approximate surface area is 185 Å². The van der Waals surface area contributed by atoms with E-state index in [2.05, 4.69) is 20.9 Å². The summed E-state index contributed by atoms with van der Waals surface area (Å²) >= 11 is 0. The van der Waals surface area contributed by atoms with E-state index in [9.17, 15) is 21.6 Å². The van der Waals surface area contributed by atoms with Gasteiger partial charge in [-0.1, -0.05) is 0 Å². The van der Waals surface area contributed by atoms with Crippen LogP contribution in [0.25, 0.3) is 0 Å². The number of alkyl halides is 3. The van der Waals surface area contributed by atoms with Gasteiger partial charge in [-0.3, -0.25) is 10.9 Å². The standard InChI is InChI=1S/C18H33F3N6O3S/c1-26-17-11(8-23-26)3-4-14(30-2)16(17)25-31(28,29)13-9-24-27(10-13)15-7-12(5-6-22-15)18(19,20)21/h11-17,22-25H,3-10H2,1-2H3/i1D3. The maximum Gasteiger partial charge on any atom is 0.391 e. The van der Waals surface area contributed by atoms with Crippen LogP contribution in [0.2, 0.25) is 0 Å². The predicted molar refractivity (Wildman–Crippen MR) is 108 cm³/mol. The first-order valence-electron chi connectivity index (χ1n) is 12.2. The highest BCUT2D eigenvalue weighted by atomic mass is 32.2. The summed E-state index contributed by atoms with van der Waals surface area (Å²) in [5.74, 6) is -1.49. The molecule has 4 N–H and O–H groups in total. The molecule has 1 saturated carbocycles. The maximum absolute atomic E-state index is 13.3. The molecule has 0 aromatic rings. The fourth-order valence-electron chi connectivity index (χ4n) is 5.30. The van der Waals surface area contributed by atoms with Crippen LogP contribution in [0.4, 0.5) is 13.2 Å². The molecule has 3 aliphatic heterocycles. The molecule has 0 aromatic heterocycles. The molecule has 180 valence electrons. The Bertz CT molecular complexity index is 836. The van der Waals surface area contributed by atoms with E-state index in [4.69, 9.17) is 8.85 Å². The Morgan fingerprint density at radius 3 is 2.71 bits per heavy atom. The van der Waals surface area contributed by atoms with Gasteiger partial charge in [0.1, 0.15) is 5.25 Å². The third-order valence-corrected chi connectivity index (χ3v) is 8.87. The van der Waals surface area contributed by atoms with E-state index < -0.39 is 58.7 Å². The Morgan fingerprint density at radius 2 is 2.00 bits per heavy atom. The molecule has 3 saturated heterocycles. The van der Waals surface area contributed by atoms with Gasteiger partial charge >= 0.3 is 6.18 Å². The molecule has 31 heavy (non-hydrogen) atoms. The van der Waals surface area contributed by atoms with Crippen LogP contribution in [0.5, 0.6) is 0 Å². The monoisotopic (exact) mass is 473 g/mol. The highest BCUT2D eigenvalue weighted by Crippen LogP contribution is 2.35. The molecule has 0 spiro atoms. The minimum atomic E-state index is -4.29. The van der Waals surface area contributed by atoms with Crippen molar-refractivity contribution in [2.45, 2.75) is 61.5 Å². The van der Waals surface area contributed by atoms with Crippen molar-refractivity contribution in [3.63, 3.8) is 0 Å². The van der Waals surface area contributed by atoms with Crippen LogP contribution in [-0.2, 0) is 14.8 Å². The third kappa shape index (κ3) is 4.88. The van der Waals surface area contributed by atoms with E-state index in [0.717, 1.165) is 5.01 Å². The molecular weight excluding hydrogens is 437 g/mol. The van der Waals surface area contributed by atoms with Crippen molar-refractivity contribution in [3.05, 3.63) is 0 Å². The summed E-state index contributed by atoms with van der Waals surface area (Å²) in [6, 6.07) is -1.39. The highest BCUT2D eigenvalue weighted by Gasteiger charge is 2.49. The van der Waals surface area contributed by atoms with Crippen LogP contribution in [0, 0.1) is 11.8 Å². The zero-order valence-electron chi connectivity index (χ0n) is 20.4. The second-order valence-corrected chi connectivity index (χ2v) is 10.9. The first-order valence-corrected chi connectivity index (χ1v) is 12.2. The number of hydrogen-bond acceptors (Lipinski definition) is 8. The zero-order valence-corrected chi connectivity index (χ0v) is 18.2. The van der Waals surface area contributed by atoms with Gasteiger partial charge in [0.15, 0.2) is 0 Å². The molecule has 7 unspecified atom stereocenters. The fraction of sp³-hybridized carbons (Fsp3) is 1.00. The molecular formula is C18H33F3N6O3S. The summed E-state index contributed by atoms with van der Waals surface area (Å²) in [5, 5.41) is 4.81. The number of sulfonamides is 1. The summed E-state index contributed by atoms with van der Waals surface area (Å²) in [7, 11) is -2.47. The third-order valence-electron chi connectivity index (χ3n) is 7.08. The smallest absolute Gasteiger partial charge is 0.380 e. The molecule has 4 rings (SSSR count). The van der Waals surface area contributed by atoms with Gasteiger partial charge in [-0.15, -0.1) is 0 Å². The SMILES string of the molecule is [2H]C([2H])([2H])N1NCC2CCC(OC)C(NS(=O)(=O)C3CNN(C4CC(C(F)(F)F)CCN4)C3)C21. The van der Waals surface area contributed by atoms with Crippen LogP contribution in [0.1, 0.15) is 29.8 Å². The topological polar surface area (TPSA) is 98.0 Å². The van der Waals surface area contributed by atoms with Crippen molar-refractivity contribution in [3.8, 4) is 0 Å². The van der Waals surface area contributed by atoms with Crippen molar-refractivity contribution in [2.24, 2.45) is 11.8 Å². The second-order valence-electron chi connectivity index (χ2n) is 8.89. The van der Waals surface area contributed by atoms with Crippen LogP contribution >= 0.6 is 0 Å². The molecule has 13 heteroatoms. The Kier molecular flexibility index (Phi) is 5.78. The van der Waals surface area contributed by atoms with Crippen LogP contribution in [-0.4, -0.2) is 94.5 Å². The molecule has 3 heterocycles. The van der Waals surface area contributed by atoms with Gasteiger partial charge in [0.2, 0.25) is 10.0 Å². The number of methoxy groups -OCH3 is 1. The van der Waals surface area contributed by atoms with E-state index in [1.807, 2.05) is 0 Å². The Morgan fingerprint density at radius 1 is 1.19 bits per heavy atom. The second kappa shape index (κ2) is 9.01. The lowest BCUT2D eigenvalue weighted by atomic mass is 9.80. The van der Waals surface area contributed by atoms with Gasteiger partial charge in [-0.25, -0.2) is 23.2 Å². The van der Waals surface area contributed by atoms with Gasteiger partial charge in [0.05, 0.1) is 24.2 Å². The lowest BCUT2D eigenvalue weighted by Gasteiger charge is -2.41. The Balaban J connectivity index is 1.45.